The second kappa shape index (κ2) is 8.16. The van der Waals surface area contributed by atoms with Crippen LogP contribution in [0.2, 0.25) is 0 Å². The fourth-order valence-corrected chi connectivity index (χ4v) is 4.26. The largest absolute Gasteiger partial charge is 0.226 e. The molecular weight excluding hydrogens is 362 g/mol. The van der Waals surface area contributed by atoms with Gasteiger partial charge in [0.15, 0.2) is 0 Å². The van der Waals surface area contributed by atoms with E-state index in [-0.39, 0.29) is 0 Å². The molecule has 0 aliphatic heterocycles. The van der Waals surface area contributed by atoms with Gasteiger partial charge in [-0.05, 0) is 42.8 Å². The van der Waals surface area contributed by atoms with Gasteiger partial charge in [0.25, 0.3) is 0 Å². The first-order valence-corrected chi connectivity index (χ1v) is 9.92. The first-order chi connectivity index (χ1) is 13.7. The molecule has 1 aromatic heterocycles. The minimum Gasteiger partial charge on any atom is -0.226 e. The molecule has 0 saturated heterocycles. The number of hydrogen-bond acceptors (Lipinski definition) is 3. The summed E-state index contributed by atoms with van der Waals surface area (Å²) in [6.45, 7) is 2.06. The lowest BCUT2D eigenvalue weighted by Gasteiger charge is -2.10. The van der Waals surface area contributed by atoms with E-state index in [0.717, 1.165) is 27.7 Å². The highest BCUT2D eigenvalue weighted by molar-refractivity contribution is 7.99. The number of rotatable bonds is 5. The molecule has 0 spiro atoms. The van der Waals surface area contributed by atoms with Crippen molar-refractivity contribution in [1.29, 1.82) is 5.26 Å². The highest BCUT2D eigenvalue weighted by Gasteiger charge is 2.18. The molecule has 0 atom stereocenters. The van der Waals surface area contributed by atoms with Crippen LogP contribution in [0.1, 0.15) is 22.4 Å². The summed E-state index contributed by atoms with van der Waals surface area (Å²) in [5, 5.41) is 15.2. The molecular formula is C24H19N3S. The monoisotopic (exact) mass is 381 g/mol. The molecule has 0 aliphatic rings. The maximum Gasteiger partial charge on any atom is 0.108 e. The van der Waals surface area contributed by atoms with Gasteiger partial charge >= 0.3 is 0 Å². The molecule has 0 saturated carbocycles. The Balaban J connectivity index is 1.81. The van der Waals surface area contributed by atoms with E-state index < -0.39 is 0 Å². The van der Waals surface area contributed by atoms with Crippen LogP contribution in [0.4, 0.5) is 0 Å². The Bertz CT molecular complexity index is 1130. The maximum absolute atomic E-state index is 9.24. The van der Waals surface area contributed by atoms with Gasteiger partial charge in [0.1, 0.15) is 5.03 Å². The summed E-state index contributed by atoms with van der Waals surface area (Å²) in [6, 6.07) is 30.6. The van der Waals surface area contributed by atoms with Crippen LogP contribution in [0.5, 0.6) is 0 Å². The average molecular weight is 382 g/mol. The summed E-state index contributed by atoms with van der Waals surface area (Å²) >= 11 is 1.65. The molecule has 4 rings (SSSR count). The zero-order valence-corrected chi connectivity index (χ0v) is 16.4. The molecule has 4 aromatic rings. The Hall–Kier alpha value is -3.29. The smallest absolute Gasteiger partial charge is 0.108 e. The van der Waals surface area contributed by atoms with Crippen molar-refractivity contribution in [2.45, 2.75) is 23.3 Å². The summed E-state index contributed by atoms with van der Waals surface area (Å²) in [7, 11) is 0. The Morgan fingerprint density at radius 1 is 0.929 bits per heavy atom. The Labute approximate surface area is 169 Å². The van der Waals surface area contributed by atoms with Crippen molar-refractivity contribution in [1.82, 2.24) is 9.78 Å². The predicted molar refractivity (Wildman–Crippen MR) is 113 cm³/mol. The SMILES string of the molecule is Cc1nn(-c2ccccc2)c(Sc2cccc(C#N)c2)c1Cc1ccccc1. The van der Waals surface area contributed by atoms with Gasteiger partial charge in [-0.2, -0.15) is 10.4 Å². The van der Waals surface area contributed by atoms with Gasteiger partial charge in [-0.25, -0.2) is 4.68 Å². The van der Waals surface area contributed by atoms with Crippen LogP contribution in [0, 0.1) is 18.3 Å². The second-order valence-corrected chi connectivity index (χ2v) is 7.58. The lowest BCUT2D eigenvalue weighted by atomic mass is 10.1. The molecule has 0 aliphatic carbocycles. The van der Waals surface area contributed by atoms with Gasteiger partial charge in [-0.3, -0.25) is 0 Å². The van der Waals surface area contributed by atoms with E-state index in [4.69, 9.17) is 5.10 Å². The molecule has 0 amide bonds. The van der Waals surface area contributed by atoms with Gasteiger partial charge in [0, 0.05) is 16.9 Å². The van der Waals surface area contributed by atoms with Gasteiger partial charge < -0.3 is 0 Å². The summed E-state index contributed by atoms with van der Waals surface area (Å²) in [4.78, 5) is 1.03. The van der Waals surface area contributed by atoms with Crippen molar-refractivity contribution in [3.63, 3.8) is 0 Å². The average Bonchev–Trinajstić information content (AvgIpc) is 3.05. The highest BCUT2D eigenvalue weighted by Crippen LogP contribution is 2.35. The van der Waals surface area contributed by atoms with Crippen LogP contribution < -0.4 is 0 Å². The van der Waals surface area contributed by atoms with Gasteiger partial charge in [-0.1, -0.05) is 66.4 Å². The molecule has 0 fully saturated rings. The highest BCUT2D eigenvalue weighted by atomic mass is 32.2. The van der Waals surface area contributed by atoms with Crippen molar-refractivity contribution in [3.8, 4) is 11.8 Å². The van der Waals surface area contributed by atoms with E-state index in [1.54, 1.807) is 11.8 Å². The molecule has 28 heavy (non-hydrogen) atoms. The first-order valence-electron chi connectivity index (χ1n) is 9.10. The number of para-hydroxylation sites is 1. The fraction of sp³-hybridized carbons (Fsp3) is 0.0833. The van der Waals surface area contributed by atoms with Crippen molar-refractivity contribution in [3.05, 3.63) is 107 Å². The van der Waals surface area contributed by atoms with Crippen molar-refractivity contribution in [2.24, 2.45) is 0 Å². The van der Waals surface area contributed by atoms with Crippen LogP contribution in [0.3, 0.4) is 0 Å². The summed E-state index contributed by atoms with van der Waals surface area (Å²) in [5.74, 6) is 0. The first kappa shape index (κ1) is 18.1. The standard InChI is InChI=1S/C24H19N3S/c1-18-23(16-19-9-4-2-5-10-19)24(27(26-18)21-12-6-3-7-13-21)28-22-14-8-11-20(15-22)17-25/h2-15H,16H2,1H3. The minimum atomic E-state index is 0.664. The quantitative estimate of drug-likeness (QED) is 0.439. The summed E-state index contributed by atoms with van der Waals surface area (Å²) in [5.41, 5.74) is 5.18. The zero-order chi connectivity index (χ0) is 19.3. The molecule has 136 valence electrons. The predicted octanol–water partition coefficient (Wildman–Crippen LogP) is 5.79. The van der Waals surface area contributed by atoms with Crippen molar-refractivity contribution < 1.29 is 0 Å². The molecule has 3 nitrogen and oxygen atoms in total. The van der Waals surface area contributed by atoms with Crippen LogP contribution in [-0.2, 0) is 6.42 Å². The third-order valence-corrected chi connectivity index (χ3v) is 5.64. The van der Waals surface area contributed by atoms with Crippen LogP contribution in [-0.4, -0.2) is 9.78 Å². The summed E-state index contributed by atoms with van der Waals surface area (Å²) < 4.78 is 2.01. The van der Waals surface area contributed by atoms with Gasteiger partial charge in [0.2, 0.25) is 0 Å². The topological polar surface area (TPSA) is 41.6 Å². The molecule has 1 heterocycles. The number of aromatic nitrogens is 2. The van der Waals surface area contributed by atoms with E-state index in [1.165, 1.54) is 11.1 Å². The number of aryl methyl sites for hydroxylation is 1. The van der Waals surface area contributed by atoms with Crippen molar-refractivity contribution >= 4 is 11.8 Å². The molecule has 3 aromatic carbocycles. The second-order valence-electron chi connectivity index (χ2n) is 6.52. The molecule has 4 heteroatoms. The number of hydrogen-bond donors (Lipinski definition) is 0. The van der Waals surface area contributed by atoms with Crippen LogP contribution in [0.25, 0.3) is 5.69 Å². The third kappa shape index (κ3) is 3.85. The van der Waals surface area contributed by atoms with Crippen LogP contribution in [0.15, 0.2) is 94.9 Å². The fourth-order valence-electron chi connectivity index (χ4n) is 3.13. The van der Waals surface area contributed by atoms with Gasteiger partial charge in [-0.15, -0.1) is 0 Å². The Morgan fingerprint density at radius 3 is 2.36 bits per heavy atom. The number of benzene rings is 3. The summed E-state index contributed by atoms with van der Waals surface area (Å²) in [6.07, 6.45) is 0.819. The minimum absolute atomic E-state index is 0.664. The van der Waals surface area contributed by atoms with E-state index in [1.807, 2.05) is 53.2 Å². The molecule has 0 radical (unpaired) electrons. The lowest BCUT2D eigenvalue weighted by Crippen LogP contribution is -1.99. The van der Waals surface area contributed by atoms with Crippen molar-refractivity contribution in [2.75, 3.05) is 0 Å². The third-order valence-electron chi connectivity index (χ3n) is 4.54. The lowest BCUT2D eigenvalue weighted by molar-refractivity contribution is 0.790. The van der Waals surface area contributed by atoms with Crippen LogP contribution >= 0.6 is 11.8 Å². The Morgan fingerprint density at radius 2 is 1.64 bits per heavy atom. The molecule has 0 unspecified atom stereocenters. The van der Waals surface area contributed by atoms with Gasteiger partial charge in [0.05, 0.1) is 23.0 Å². The number of nitrogens with zero attached hydrogens (tertiary/aromatic N) is 3. The maximum atomic E-state index is 9.24. The van der Waals surface area contributed by atoms with E-state index >= 15 is 0 Å². The normalized spacial score (nSPS) is 10.6. The van der Waals surface area contributed by atoms with E-state index in [9.17, 15) is 5.26 Å². The molecule has 0 bridgehead atoms. The van der Waals surface area contributed by atoms with E-state index in [2.05, 4.69) is 49.4 Å². The molecule has 0 N–H and O–H groups in total. The zero-order valence-electron chi connectivity index (χ0n) is 15.5. The Kier molecular flexibility index (Phi) is 5.27. The number of nitriles is 1. The van der Waals surface area contributed by atoms with E-state index in [0.29, 0.717) is 5.56 Å².